The van der Waals surface area contributed by atoms with E-state index in [4.69, 9.17) is 0 Å². The van der Waals surface area contributed by atoms with Gasteiger partial charge in [-0.15, -0.1) is 0 Å². The fraction of sp³-hybridized carbons (Fsp3) is 0.400. The maximum absolute atomic E-state index is 11.4. The molecule has 0 aliphatic heterocycles. The van der Waals surface area contributed by atoms with Crippen LogP contribution in [0.2, 0.25) is 0 Å². The molecule has 1 N–H and O–H groups in total. The minimum Gasteiger partial charge on any atom is -0.358 e. The van der Waals surface area contributed by atoms with Crippen molar-refractivity contribution in [1.29, 1.82) is 0 Å². The third-order valence-electron chi connectivity index (χ3n) is 3.75. The average Bonchev–Trinajstić information content (AvgIpc) is 2.46. The Hall–Kier alpha value is -0.628. The predicted molar refractivity (Wildman–Crippen MR) is 115 cm³/mol. The molecule has 0 atom stereocenters. The summed E-state index contributed by atoms with van der Waals surface area (Å²) in [6.07, 6.45) is 0. The second-order valence-corrected chi connectivity index (χ2v) is 11.8. The molecular weight excluding hydrogens is 472 g/mol. The van der Waals surface area contributed by atoms with E-state index in [1.165, 1.54) is 6.07 Å². The standard InChI is InChI=1S/C12H19O3PS.C7H9N.CH3.Pd/c1-9(2)16(10(3)4)11-7-5-6-8-12(11)17(13,14)15;1-6-4-3-5-7(2)8-6;;/h5-10H,1-4H3,(H,13,14,15);3-5H,1-2H3;1H3;/q;;-1;/p+1. The summed E-state index contributed by atoms with van der Waals surface area (Å²) in [6.45, 7) is 12.4. The van der Waals surface area contributed by atoms with E-state index >= 15 is 0 Å². The fourth-order valence-electron chi connectivity index (χ4n) is 2.90. The maximum atomic E-state index is 11.4. The number of aromatic nitrogens is 1. The number of hydrogen-bond donors (Lipinski definition) is 1. The Morgan fingerprint density at radius 2 is 1.33 bits per heavy atom. The van der Waals surface area contributed by atoms with Crippen molar-refractivity contribution in [2.45, 2.75) is 57.8 Å². The van der Waals surface area contributed by atoms with Gasteiger partial charge in [0, 0.05) is 39.7 Å². The van der Waals surface area contributed by atoms with Crippen molar-refractivity contribution in [2.75, 3.05) is 0 Å². The van der Waals surface area contributed by atoms with Crippen LogP contribution in [-0.4, -0.2) is 29.3 Å². The molecule has 1 aromatic heterocycles. The number of pyridine rings is 1. The van der Waals surface area contributed by atoms with Crippen LogP contribution in [0.15, 0.2) is 47.4 Å². The molecule has 0 aliphatic carbocycles. The minimum absolute atomic E-state index is 0. The van der Waals surface area contributed by atoms with Gasteiger partial charge in [-0.3, -0.25) is 9.54 Å². The van der Waals surface area contributed by atoms with Crippen molar-refractivity contribution in [3.63, 3.8) is 0 Å². The molecule has 0 amide bonds. The minimum atomic E-state index is -4.12. The van der Waals surface area contributed by atoms with Gasteiger partial charge in [-0.05, 0) is 65.8 Å². The van der Waals surface area contributed by atoms with Crippen molar-refractivity contribution in [1.82, 2.24) is 4.98 Å². The smallest absolute Gasteiger partial charge is 0.298 e. The average molecular weight is 504 g/mol. The summed E-state index contributed by atoms with van der Waals surface area (Å²) in [4.78, 5) is 4.25. The molecule has 0 unspecified atom stereocenters. The van der Waals surface area contributed by atoms with E-state index in [1.54, 1.807) is 6.07 Å². The molecule has 2 aromatic rings. The summed E-state index contributed by atoms with van der Waals surface area (Å²) >= 11 is 0. The van der Waals surface area contributed by atoms with Gasteiger partial charge in [-0.2, -0.15) is 8.42 Å². The van der Waals surface area contributed by atoms with Gasteiger partial charge in [0.05, 0.1) is 11.3 Å². The van der Waals surface area contributed by atoms with Gasteiger partial charge in [0.25, 0.3) is 10.1 Å². The molecule has 4 nitrogen and oxygen atoms in total. The molecule has 0 saturated carbocycles. The van der Waals surface area contributed by atoms with E-state index in [0.717, 1.165) is 16.7 Å². The molecule has 0 fully saturated rings. The Kier molecular flexibility index (Phi) is 13.5. The van der Waals surface area contributed by atoms with E-state index in [9.17, 15) is 13.0 Å². The summed E-state index contributed by atoms with van der Waals surface area (Å²) in [7, 11) is -5.13. The van der Waals surface area contributed by atoms with Crippen molar-refractivity contribution in [3.05, 3.63) is 61.3 Å². The monoisotopic (exact) mass is 503 g/mol. The van der Waals surface area contributed by atoms with Gasteiger partial charge in [-0.1, -0.05) is 18.2 Å². The van der Waals surface area contributed by atoms with Gasteiger partial charge in [0.2, 0.25) is 0 Å². The Morgan fingerprint density at radius 3 is 1.67 bits per heavy atom. The van der Waals surface area contributed by atoms with Crippen molar-refractivity contribution >= 4 is 23.3 Å². The molecule has 0 aliphatic rings. The fourth-order valence-corrected chi connectivity index (χ4v) is 7.47. The van der Waals surface area contributed by atoms with Crippen LogP contribution in [0.5, 0.6) is 0 Å². The van der Waals surface area contributed by atoms with Crippen LogP contribution in [0.1, 0.15) is 39.1 Å². The number of hydrogen-bond acceptors (Lipinski definition) is 3. The van der Waals surface area contributed by atoms with E-state index in [0.29, 0.717) is 11.3 Å². The summed E-state index contributed by atoms with van der Waals surface area (Å²) in [6, 6.07) is 12.8. The summed E-state index contributed by atoms with van der Waals surface area (Å²) in [5.74, 6) is 0. The van der Waals surface area contributed by atoms with Gasteiger partial charge >= 0.3 is 0 Å². The number of nitrogens with zero attached hydrogens (tertiary/aromatic N) is 1. The van der Waals surface area contributed by atoms with Crippen LogP contribution in [0.4, 0.5) is 0 Å². The van der Waals surface area contributed by atoms with Crippen LogP contribution in [0, 0.1) is 21.3 Å². The van der Waals surface area contributed by atoms with Crippen LogP contribution < -0.4 is 5.30 Å². The molecule has 0 spiro atoms. The molecule has 1 aromatic carbocycles. The zero-order valence-electron chi connectivity index (χ0n) is 17.1. The second-order valence-electron chi connectivity index (χ2n) is 6.66. The molecule has 156 valence electrons. The van der Waals surface area contributed by atoms with Crippen LogP contribution in [0.25, 0.3) is 0 Å². The van der Waals surface area contributed by atoms with Crippen molar-refractivity contribution < 1.29 is 33.4 Å². The normalized spacial score (nSPS) is 10.7. The molecule has 7 heteroatoms. The first-order chi connectivity index (χ1) is 11.5. The van der Waals surface area contributed by atoms with E-state index in [1.807, 2.05) is 44.2 Å². The molecule has 27 heavy (non-hydrogen) atoms. The van der Waals surface area contributed by atoms with Gasteiger partial charge in [0.15, 0.2) is 0 Å². The largest absolute Gasteiger partial charge is 0.358 e. The van der Waals surface area contributed by atoms with Gasteiger partial charge in [-0.25, -0.2) is 0 Å². The van der Waals surface area contributed by atoms with E-state index < -0.39 is 18.0 Å². The first-order valence-electron chi connectivity index (χ1n) is 8.38. The summed E-state index contributed by atoms with van der Waals surface area (Å²) in [5.41, 5.74) is 3.01. The molecule has 0 radical (unpaired) electrons. The zero-order chi connectivity index (χ0) is 19.2. The maximum Gasteiger partial charge on any atom is 0.298 e. The predicted octanol–water partition coefficient (Wildman–Crippen LogP) is 4.74. The van der Waals surface area contributed by atoms with Gasteiger partial charge < -0.3 is 7.43 Å². The molecule has 0 saturated heterocycles. The van der Waals surface area contributed by atoms with Crippen molar-refractivity contribution in [3.8, 4) is 0 Å². The van der Waals surface area contributed by atoms with E-state index in [2.05, 4.69) is 32.7 Å². The first-order valence-corrected chi connectivity index (χ1v) is 11.5. The Balaban J connectivity index is 0. The molecule has 0 bridgehead atoms. The van der Waals surface area contributed by atoms with E-state index in [-0.39, 0.29) is 32.7 Å². The second kappa shape index (κ2) is 12.8. The van der Waals surface area contributed by atoms with Crippen LogP contribution in [-0.2, 0) is 30.5 Å². The SMILES string of the molecule is CC(C)[PH+](c1ccccc1S(=O)(=O)O)C(C)C.Cc1cccc(C)n1.[CH3-].[Pd]. The Bertz CT molecular complexity index is 770. The van der Waals surface area contributed by atoms with Crippen LogP contribution in [0.3, 0.4) is 0 Å². The number of aryl methyl sites for hydroxylation is 2. The molecule has 2 rings (SSSR count). The zero-order valence-corrected chi connectivity index (χ0v) is 20.5. The first kappa shape index (κ1) is 28.6. The summed E-state index contributed by atoms with van der Waals surface area (Å²) in [5, 5.41) is 0.810. The Morgan fingerprint density at radius 1 is 0.889 bits per heavy atom. The van der Waals surface area contributed by atoms with Gasteiger partial charge in [0.1, 0.15) is 10.2 Å². The number of benzene rings is 1. The van der Waals surface area contributed by atoms with Crippen LogP contribution >= 0.6 is 7.92 Å². The third-order valence-corrected chi connectivity index (χ3v) is 8.39. The topological polar surface area (TPSA) is 67.3 Å². The third kappa shape index (κ3) is 9.41. The quantitative estimate of drug-likeness (QED) is 0.283. The Labute approximate surface area is 180 Å². The molecule has 1 heterocycles. The van der Waals surface area contributed by atoms with Crippen molar-refractivity contribution in [2.24, 2.45) is 0 Å². The number of rotatable bonds is 4. The summed E-state index contributed by atoms with van der Waals surface area (Å²) < 4.78 is 32.0. The molecular formula is C20H32NO3PPdS.